The smallest absolute Gasteiger partial charge is 0.408 e. The molecule has 3 N–H and O–H groups in total. The number of nitrogens with one attached hydrogen (secondary N) is 1. The van der Waals surface area contributed by atoms with Crippen LogP contribution in [0.4, 0.5) is 4.79 Å². The number of carbonyl (C=O) groups excluding carboxylic acids is 2. The van der Waals surface area contributed by atoms with Gasteiger partial charge in [0.15, 0.2) is 0 Å². The molecule has 8 nitrogen and oxygen atoms in total. The Balaban J connectivity index is 2.34. The zero-order valence-electron chi connectivity index (χ0n) is 17.3. The van der Waals surface area contributed by atoms with Gasteiger partial charge in [0, 0.05) is 11.6 Å². The first kappa shape index (κ1) is 22.8. The summed E-state index contributed by atoms with van der Waals surface area (Å²) in [6, 6.07) is 7.47. The zero-order valence-corrected chi connectivity index (χ0v) is 18.2. The maximum atomic E-state index is 13.0. The molecule has 0 aliphatic rings. The first-order chi connectivity index (χ1) is 13.4. The van der Waals surface area contributed by atoms with E-state index in [1.54, 1.807) is 58.2 Å². The molecular weight excluding hydrogens is 392 g/mol. The second-order valence-electron chi connectivity index (χ2n) is 7.87. The minimum atomic E-state index is -3.52. The van der Waals surface area contributed by atoms with E-state index in [0.717, 1.165) is 5.39 Å². The lowest BCUT2D eigenvalue weighted by atomic mass is 9.99. The van der Waals surface area contributed by atoms with Crippen LogP contribution in [0.2, 0.25) is 0 Å². The number of benzene rings is 1. The van der Waals surface area contributed by atoms with E-state index >= 15 is 0 Å². The van der Waals surface area contributed by atoms with Gasteiger partial charge in [0.2, 0.25) is 0 Å². The highest BCUT2D eigenvalue weighted by molar-refractivity contribution is 7.91. The summed E-state index contributed by atoms with van der Waals surface area (Å²) in [5, 5.41) is 9.29. The van der Waals surface area contributed by atoms with Gasteiger partial charge in [-0.3, -0.25) is 9.78 Å². The van der Waals surface area contributed by atoms with Crippen molar-refractivity contribution in [1.29, 1.82) is 0 Å². The monoisotopic (exact) mass is 420 g/mol. The van der Waals surface area contributed by atoms with Crippen LogP contribution in [0.5, 0.6) is 0 Å². The molecule has 0 saturated heterocycles. The third-order valence-corrected chi connectivity index (χ3v) is 5.67. The maximum Gasteiger partial charge on any atom is 0.408 e. The molecule has 1 aromatic carbocycles. The summed E-state index contributed by atoms with van der Waals surface area (Å²) in [4.78, 5) is 29.3. The molecule has 0 bridgehead atoms. The number of fused-ring (bicyclic) bond motifs is 1. The molecule has 158 valence electrons. The molecular formula is C20H28N4O4S. The molecule has 9 heteroatoms. The minimum absolute atomic E-state index is 0.192. The number of hydrogen-bond acceptors (Lipinski definition) is 5. The van der Waals surface area contributed by atoms with E-state index in [0.29, 0.717) is 11.9 Å². The number of aromatic nitrogens is 1. The maximum absolute atomic E-state index is 13.0. The molecule has 0 spiro atoms. The number of amides is 2. The van der Waals surface area contributed by atoms with Gasteiger partial charge in [-0.25, -0.2) is 14.1 Å². The fraction of sp³-hybridized carbons (Fsp3) is 0.450. The van der Waals surface area contributed by atoms with Crippen molar-refractivity contribution in [3.8, 4) is 0 Å². The molecule has 2 rings (SSSR count). The highest BCUT2D eigenvalue weighted by Gasteiger charge is 2.29. The number of nitrogens with two attached hydrogens (primary N) is 1. The Morgan fingerprint density at radius 3 is 2.62 bits per heavy atom. The number of rotatable bonds is 5. The SMILES string of the molecule is CC[C@H](C)[C@H](NC(=O)OC(C)(C)C)C(=O)N=S(N)(=O)c1ccc2cccnc2c1. The largest absolute Gasteiger partial charge is 0.444 e. The van der Waals surface area contributed by atoms with Gasteiger partial charge in [0.25, 0.3) is 5.91 Å². The predicted octanol–water partition coefficient (Wildman–Crippen LogP) is 3.40. The van der Waals surface area contributed by atoms with Gasteiger partial charge in [-0.2, -0.15) is 0 Å². The number of alkyl carbamates (subject to hydrolysis) is 1. The van der Waals surface area contributed by atoms with Crippen LogP contribution in [0.3, 0.4) is 0 Å². The summed E-state index contributed by atoms with van der Waals surface area (Å²) in [5.41, 5.74) is -0.125. The van der Waals surface area contributed by atoms with Gasteiger partial charge in [-0.05, 0) is 44.9 Å². The number of pyridine rings is 1. The standard InChI is InChI=1S/C20H28N4O4S/c1-6-13(2)17(23-19(26)28-20(3,4)5)18(25)24-29(21,27)15-10-9-14-8-7-11-22-16(14)12-15/h7-13,17H,6H2,1-5H3,(H,23,26)(H2,21,24,25,27)/t13-,17-,29?/m0/s1. The molecule has 1 heterocycles. The number of ether oxygens (including phenoxy) is 1. The molecule has 29 heavy (non-hydrogen) atoms. The van der Waals surface area contributed by atoms with Crippen LogP contribution in [0.15, 0.2) is 45.8 Å². The molecule has 2 aromatic rings. The Labute approximate surface area is 171 Å². The van der Waals surface area contributed by atoms with Gasteiger partial charge in [-0.1, -0.05) is 32.4 Å². The van der Waals surface area contributed by atoms with Crippen molar-refractivity contribution < 1.29 is 18.5 Å². The molecule has 0 saturated carbocycles. The third-order valence-electron chi connectivity index (χ3n) is 4.29. The van der Waals surface area contributed by atoms with Crippen molar-refractivity contribution in [2.24, 2.45) is 15.4 Å². The first-order valence-corrected chi connectivity index (χ1v) is 10.9. The molecule has 0 fully saturated rings. The van der Waals surface area contributed by atoms with Crippen LogP contribution in [0.1, 0.15) is 41.0 Å². The molecule has 0 aliphatic carbocycles. The Morgan fingerprint density at radius 1 is 1.31 bits per heavy atom. The molecule has 1 aromatic heterocycles. The fourth-order valence-corrected chi connectivity index (χ4v) is 3.62. The predicted molar refractivity (Wildman–Crippen MR) is 112 cm³/mol. The average molecular weight is 421 g/mol. The Hall–Kier alpha value is -2.52. The topological polar surface area (TPSA) is 124 Å². The van der Waals surface area contributed by atoms with E-state index < -0.39 is 33.6 Å². The quantitative estimate of drug-likeness (QED) is 0.767. The van der Waals surface area contributed by atoms with E-state index in [4.69, 9.17) is 9.88 Å². The third kappa shape index (κ3) is 6.23. The summed E-state index contributed by atoms with van der Waals surface area (Å²) in [5.74, 6) is -1.02. The van der Waals surface area contributed by atoms with Crippen molar-refractivity contribution in [2.45, 2.75) is 57.6 Å². The van der Waals surface area contributed by atoms with Gasteiger partial charge in [-0.15, -0.1) is 4.36 Å². The summed E-state index contributed by atoms with van der Waals surface area (Å²) >= 11 is 0. The normalized spacial score (nSPS) is 15.8. The van der Waals surface area contributed by atoms with Gasteiger partial charge in [0.1, 0.15) is 21.6 Å². The fourth-order valence-electron chi connectivity index (χ4n) is 2.59. The molecule has 1 unspecified atom stereocenters. The molecule has 0 radical (unpaired) electrons. The van der Waals surface area contributed by atoms with Crippen molar-refractivity contribution in [1.82, 2.24) is 10.3 Å². The lowest BCUT2D eigenvalue weighted by Gasteiger charge is -2.25. The van der Waals surface area contributed by atoms with E-state index in [9.17, 15) is 13.8 Å². The van der Waals surface area contributed by atoms with Crippen molar-refractivity contribution in [2.75, 3.05) is 0 Å². The van der Waals surface area contributed by atoms with Crippen LogP contribution in [-0.2, 0) is 19.4 Å². The van der Waals surface area contributed by atoms with Gasteiger partial charge >= 0.3 is 6.09 Å². The Bertz CT molecular complexity index is 1020. The summed E-state index contributed by atoms with van der Waals surface area (Å²) in [6.45, 7) is 8.82. The average Bonchev–Trinajstić information content (AvgIpc) is 2.63. The van der Waals surface area contributed by atoms with Crippen molar-refractivity contribution >= 4 is 32.8 Å². The van der Waals surface area contributed by atoms with E-state index in [-0.39, 0.29) is 10.8 Å². The van der Waals surface area contributed by atoms with E-state index in [2.05, 4.69) is 14.7 Å². The van der Waals surface area contributed by atoms with Gasteiger partial charge in [0.05, 0.1) is 10.4 Å². The van der Waals surface area contributed by atoms with Crippen LogP contribution in [0, 0.1) is 5.92 Å². The Morgan fingerprint density at radius 2 is 2.00 bits per heavy atom. The van der Waals surface area contributed by atoms with Crippen LogP contribution in [-0.4, -0.2) is 32.8 Å². The highest BCUT2D eigenvalue weighted by atomic mass is 32.2. The van der Waals surface area contributed by atoms with Crippen LogP contribution < -0.4 is 10.5 Å². The number of carbonyl (C=O) groups is 2. The molecule has 0 aliphatic heterocycles. The van der Waals surface area contributed by atoms with E-state index in [1.165, 1.54) is 0 Å². The molecule has 3 atom stereocenters. The van der Waals surface area contributed by atoms with Crippen LogP contribution >= 0.6 is 0 Å². The van der Waals surface area contributed by atoms with Gasteiger partial charge < -0.3 is 10.1 Å². The minimum Gasteiger partial charge on any atom is -0.444 e. The lowest BCUT2D eigenvalue weighted by molar-refractivity contribution is -0.120. The summed E-state index contributed by atoms with van der Waals surface area (Å²) < 4.78 is 22.0. The first-order valence-electron chi connectivity index (χ1n) is 9.36. The highest BCUT2D eigenvalue weighted by Crippen LogP contribution is 2.19. The van der Waals surface area contributed by atoms with Crippen molar-refractivity contribution in [3.63, 3.8) is 0 Å². The lowest BCUT2D eigenvalue weighted by Crippen LogP contribution is -2.46. The summed E-state index contributed by atoms with van der Waals surface area (Å²) in [6.07, 6.45) is 1.45. The van der Waals surface area contributed by atoms with Crippen molar-refractivity contribution in [3.05, 3.63) is 36.5 Å². The Kier molecular flexibility index (Phi) is 6.97. The summed E-state index contributed by atoms with van der Waals surface area (Å²) in [7, 11) is -3.52. The number of hydrogen-bond donors (Lipinski definition) is 2. The second kappa shape index (κ2) is 8.87. The number of nitrogens with zero attached hydrogens (tertiary/aromatic N) is 2. The van der Waals surface area contributed by atoms with Crippen LogP contribution in [0.25, 0.3) is 10.9 Å². The zero-order chi connectivity index (χ0) is 21.8. The second-order valence-corrected chi connectivity index (χ2v) is 9.66. The van der Waals surface area contributed by atoms with E-state index in [1.807, 2.05) is 13.0 Å². The molecule has 2 amide bonds.